The van der Waals surface area contributed by atoms with Gasteiger partial charge in [0.2, 0.25) is 0 Å². The van der Waals surface area contributed by atoms with Crippen molar-refractivity contribution in [2.24, 2.45) is 0 Å². The van der Waals surface area contributed by atoms with Gasteiger partial charge in [-0.2, -0.15) is 8.42 Å². The molecule has 0 aromatic rings. The highest BCUT2D eigenvalue weighted by Gasteiger charge is 2.07. The normalized spacial score (nSPS) is 11.5. The maximum absolute atomic E-state index is 11.0. The first kappa shape index (κ1) is 12.3. The van der Waals surface area contributed by atoms with E-state index in [2.05, 4.69) is 9.44 Å². The second-order valence-corrected chi connectivity index (χ2v) is 4.02. The van der Waals surface area contributed by atoms with E-state index in [9.17, 15) is 13.2 Å². The first-order valence-corrected chi connectivity index (χ1v) is 5.42. The number of carbonyl (C=O) groups is 1. The van der Waals surface area contributed by atoms with Crippen LogP contribution in [0.1, 0.15) is 19.8 Å². The molecule has 0 heterocycles. The summed E-state index contributed by atoms with van der Waals surface area (Å²) in [5, 5.41) is 8.23. The van der Waals surface area contributed by atoms with E-state index in [1.807, 2.05) is 6.92 Å². The van der Waals surface area contributed by atoms with Gasteiger partial charge in [0.25, 0.3) is 10.2 Å². The minimum atomic E-state index is -3.50. The Morgan fingerprint density at radius 3 is 2.31 bits per heavy atom. The number of carboxylic acids is 1. The first-order valence-electron chi connectivity index (χ1n) is 3.94. The number of rotatable bonds is 7. The van der Waals surface area contributed by atoms with Crippen LogP contribution in [0.4, 0.5) is 0 Å². The lowest BCUT2D eigenvalue weighted by molar-refractivity contribution is -0.136. The van der Waals surface area contributed by atoms with Gasteiger partial charge >= 0.3 is 5.97 Å². The lowest BCUT2D eigenvalue weighted by Gasteiger charge is -2.05. The lowest BCUT2D eigenvalue weighted by Crippen LogP contribution is -2.37. The molecule has 0 aliphatic heterocycles. The molecule has 0 fully saturated rings. The topological polar surface area (TPSA) is 95.5 Å². The van der Waals surface area contributed by atoms with Crippen LogP contribution in [-0.2, 0) is 15.0 Å². The van der Waals surface area contributed by atoms with E-state index in [1.165, 1.54) is 0 Å². The molecule has 0 aliphatic carbocycles. The zero-order valence-corrected chi connectivity index (χ0v) is 8.23. The molecule has 0 atom stereocenters. The molecule has 0 saturated carbocycles. The van der Waals surface area contributed by atoms with Crippen molar-refractivity contribution in [2.45, 2.75) is 19.8 Å². The Bertz CT molecular complexity index is 249. The molecule has 78 valence electrons. The zero-order chi connectivity index (χ0) is 10.3. The minimum absolute atomic E-state index is 0.0889. The van der Waals surface area contributed by atoms with Crippen LogP contribution in [0, 0.1) is 0 Å². The van der Waals surface area contributed by atoms with Crippen LogP contribution in [0.5, 0.6) is 0 Å². The molecule has 0 aliphatic rings. The number of carboxylic acid groups (broad SMARTS) is 1. The number of hydrogen-bond acceptors (Lipinski definition) is 3. The van der Waals surface area contributed by atoms with Crippen molar-refractivity contribution in [1.82, 2.24) is 9.44 Å². The number of hydrogen-bond donors (Lipinski definition) is 3. The summed E-state index contributed by atoms with van der Waals surface area (Å²) in [6.07, 6.45) is 0.479. The van der Waals surface area contributed by atoms with E-state index in [4.69, 9.17) is 5.11 Å². The van der Waals surface area contributed by atoms with Gasteiger partial charge in [0.15, 0.2) is 0 Å². The Morgan fingerprint density at radius 1 is 1.31 bits per heavy atom. The van der Waals surface area contributed by atoms with Gasteiger partial charge in [0.05, 0.1) is 6.42 Å². The van der Waals surface area contributed by atoms with Crippen molar-refractivity contribution in [3.05, 3.63) is 0 Å². The summed E-state index contributed by atoms with van der Waals surface area (Å²) >= 11 is 0. The van der Waals surface area contributed by atoms with Crippen LogP contribution in [-0.4, -0.2) is 32.6 Å². The highest BCUT2D eigenvalue weighted by molar-refractivity contribution is 7.87. The van der Waals surface area contributed by atoms with Crippen molar-refractivity contribution >= 4 is 16.2 Å². The van der Waals surface area contributed by atoms with Crippen LogP contribution < -0.4 is 9.44 Å². The standard InChI is InChI=1S/C6H14N2O4S/c1-2-4-7-13(11,12)8-5-3-6(9)10/h7-8H,2-5H2,1H3,(H,9,10). The predicted octanol–water partition coefficient (Wildman–Crippen LogP) is -0.705. The molecule has 0 spiro atoms. The second-order valence-electron chi connectivity index (χ2n) is 2.44. The van der Waals surface area contributed by atoms with Crippen molar-refractivity contribution < 1.29 is 18.3 Å². The quantitative estimate of drug-likeness (QED) is 0.517. The summed E-state index contributed by atoms with van der Waals surface area (Å²) in [4.78, 5) is 10.0. The van der Waals surface area contributed by atoms with Gasteiger partial charge in [-0.3, -0.25) is 4.79 Å². The highest BCUT2D eigenvalue weighted by Crippen LogP contribution is 1.81. The second kappa shape index (κ2) is 5.90. The Labute approximate surface area is 77.5 Å². The average molecular weight is 210 g/mol. The van der Waals surface area contributed by atoms with Crippen LogP contribution in [0.15, 0.2) is 0 Å². The van der Waals surface area contributed by atoms with Crippen LogP contribution in [0.25, 0.3) is 0 Å². The molecule has 3 N–H and O–H groups in total. The van der Waals surface area contributed by atoms with E-state index in [0.29, 0.717) is 13.0 Å². The largest absolute Gasteiger partial charge is 0.481 e. The molecule has 0 bridgehead atoms. The third kappa shape index (κ3) is 7.69. The van der Waals surface area contributed by atoms with E-state index >= 15 is 0 Å². The summed E-state index contributed by atoms with van der Waals surface area (Å²) in [5.74, 6) is -1.03. The van der Waals surface area contributed by atoms with Gasteiger partial charge < -0.3 is 5.11 Å². The van der Waals surface area contributed by atoms with Crippen molar-refractivity contribution in [3.8, 4) is 0 Å². The molecular formula is C6H14N2O4S. The third-order valence-corrected chi connectivity index (χ3v) is 2.34. The maximum atomic E-state index is 11.0. The molecule has 13 heavy (non-hydrogen) atoms. The Hall–Kier alpha value is -0.660. The summed E-state index contributed by atoms with van der Waals surface area (Å²) in [7, 11) is -3.50. The Kier molecular flexibility index (Phi) is 5.60. The van der Waals surface area contributed by atoms with Crippen LogP contribution in [0.3, 0.4) is 0 Å². The Balaban J connectivity index is 3.70. The van der Waals surface area contributed by atoms with Crippen LogP contribution in [0.2, 0.25) is 0 Å². The van der Waals surface area contributed by atoms with Crippen LogP contribution >= 0.6 is 0 Å². The monoisotopic (exact) mass is 210 g/mol. The van der Waals surface area contributed by atoms with Gasteiger partial charge in [-0.15, -0.1) is 0 Å². The minimum Gasteiger partial charge on any atom is -0.481 e. The molecule has 6 nitrogen and oxygen atoms in total. The summed E-state index contributed by atoms with van der Waals surface area (Å²) in [5.41, 5.74) is 0. The van der Waals surface area contributed by atoms with Gasteiger partial charge in [-0.1, -0.05) is 6.92 Å². The SMILES string of the molecule is CCCNS(=O)(=O)NCCC(=O)O. The van der Waals surface area contributed by atoms with E-state index < -0.39 is 16.2 Å². The van der Waals surface area contributed by atoms with Crippen molar-refractivity contribution in [2.75, 3.05) is 13.1 Å². The number of aliphatic carboxylic acids is 1. The molecule has 7 heteroatoms. The smallest absolute Gasteiger partial charge is 0.304 e. The first-order chi connectivity index (χ1) is 5.98. The van der Waals surface area contributed by atoms with Gasteiger partial charge in [-0.05, 0) is 6.42 Å². The lowest BCUT2D eigenvalue weighted by atomic mass is 10.5. The van der Waals surface area contributed by atoms with Crippen molar-refractivity contribution in [3.63, 3.8) is 0 Å². The maximum Gasteiger partial charge on any atom is 0.304 e. The average Bonchev–Trinajstić information content (AvgIpc) is 2.00. The van der Waals surface area contributed by atoms with E-state index in [-0.39, 0.29) is 13.0 Å². The number of nitrogens with one attached hydrogen (secondary N) is 2. The molecule has 0 amide bonds. The molecule has 0 rings (SSSR count). The summed E-state index contributed by atoms with van der Waals surface area (Å²) < 4.78 is 26.3. The zero-order valence-electron chi connectivity index (χ0n) is 7.41. The third-order valence-electron chi connectivity index (χ3n) is 1.17. The predicted molar refractivity (Wildman–Crippen MR) is 47.5 cm³/mol. The molecule has 0 aromatic carbocycles. The molecular weight excluding hydrogens is 196 g/mol. The fourth-order valence-corrected chi connectivity index (χ4v) is 1.53. The van der Waals surface area contributed by atoms with Gasteiger partial charge in [0.1, 0.15) is 0 Å². The van der Waals surface area contributed by atoms with Gasteiger partial charge in [0, 0.05) is 13.1 Å². The van der Waals surface area contributed by atoms with E-state index in [0.717, 1.165) is 0 Å². The van der Waals surface area contributed by atoms with E-state index in [1.54, 1.807) is 0 Å². The fraction of sp³-hybridized carbons (Fsp3) is 0.833. The Morgan fingerprint density at radius 2 is 1.85 bits per heavy atom. The molecule has 0 unspecified atom stereocenters. The highest BCUT2D eigenvalue weighted by atomic mass is 32.2. The molecule has 0 aromatic heterocycles. The molecule has 0 saturated heterocycles. The fourth-order valence-electron chi connectivity index (χ4n) is 0.580. The van der Waals surface area contributed by atoms with Crippen molar-refractivity contribution in [1.29, 1.82) is 0 Å². The van der Waals surface area contributed by atoms with Gasteiger partial charge in [-0.25, -0.2) is 9.44 Å². The summed E-state index contributed by atoms with van der Waals surface area (Å²) in [6.45, 7) is 2.09. The molecule has 0 radical (unpaired) electrons. The summed E-state index contributed by atoms with van der Waals surface area (Å²) in [6, 6.07) is 0.